The molecular weight excluding hydrogens is 293 g/mol. The molecule has 2 amide bonds. The van der Waals surface area contributed by atoms with Gasteiger partial charge in [0.1, 0.15) is 5.60 Å². The first-order chi connectivity index (χ1) is 9.40. The minimum absolute atomic E-state index is 0.0161. The molecule has 2 atom stereocenters. The van der Waals surface area contributed by atoms with E-state index >= 15 is 0 Å². The second-order valence-electron chi connectivity index (χ2n) is 5.86. The standard InChI is InChI=1S/C12H19F3N2O4/c1-11(2,3)21-10(20)17-5-4-7(8(18)6-17)16-9(19)12(13,14)15/h7-8,18H,4-6H2,1-3H3,(H,16,19)/t7-,8-/m0/s1. The Morgan fingerprint density at radius 1 is 1.29 bits per heavy atom. The summed E-state index contributed by atoms with van der Waals surface area (Å²) < 4.78 is 41.5. The average Bonchev–Trinajstić information content (AvgIpc) is 2.28. The highest BCUT2D eigenvalue weighted by Gasteiger charge is 2.42. The number of carbonyl (C=O) groups is 2. The van der Waals surface area contributed by atoms with Crippen LogP contribution in [0.5, 0.6) is 0 Å². The number of nitrogens with one attached hydrogen (secondary N) is 1. The van der Waals surface area contributed by atoms with Gasteiger partial charge in [-0.2, -0.15) is 13.2 Å². The zero-order valence-electron chi connectivity index (χ0n) is 12.0. The molecule has 1 fully saturated rings. The molecular formula is C12H19F3N2O4. The number of aliphatic hydroxyl groups excluding tert-OH is 1. The van der Waals surface area contributed by atoms with Crippen molar-refractivity contribution in [3.8, 4) is 0 Å². The number of hydrogen-bond donors (Lipinski definition) is 2. The first-order valence-electron chi connectivity index (χ1n) is 6.44. The van der Waals surface area contributed by atoms with Crippen LogP contribution in [0.1, 0.15) is 27.2 Å². The van der Waals surface area contributed by atoms with Gasteiger partial charge in [0.2, 0.25) is 0 Å². The third-order valence-electron chi connectivity index (χ3n) is 2.81. The van der Waals surface area contributed by atoms with Crippen molar-refractivity contribution in [3.63, 3.8) is 0 Å². The van der Waals surface area contributed by atoms with E-state index in [-0.39, 0.29) is 19.5 Å². The molecule has 0 aliphatic carbocycles. The minimum atomic E-state index is -5.00. The van der Waals surface area contributed by atoms with Crippen LogP contribution in [0.3, 0.4) is 0 Å². The van der Waals surface area contributed by atoms with Crippen LogP contribution in [-0.2, 0) is 9.53 Å². The molecule has 1 heterocycles. The number of halogens is 3. The molecule has 21 heavy (non-hydrogen) atoms. The van der Waals surface area contributed by atoms with Gasteiger partial charge in [-0.15, -0.1) is 0 Å². The van der Waals surface area contributed by atoms with Crippen molar-refractivity contribution in [3.05, 3.63) is 0 Å². The largest absolute Gasteiger partial charge is 0.471 e. The second-order valence-corrected chi connectivity index (χ2v) is 5.86. The van der Waals surface area contributed by atoms with E-state index in [9.17, 15) is 27.9 Å². The number of β-amino-alcohol motifs (C(OH)–C–C–N with tert-alkyl or cyclic N) is 1. The van der Waals surface area contributed by atoms with Crippen LogP contribution in [0.25, 0.3) is 0 Å². The first-order valence-corrected chi connectivity index (χ1v) is 6.44. The van der Waals surface area contributed by atoms with Gasteiger partial charge in [0.15, 0.2) is 0 Å². The topological polar surface area (TPSA) is 78.9 Å². The molecule has 122 valence electrons. The van der Waals surface area contributed by atoms with Crippen molar-refractivity contribution < 1.29 is 32.6 Å². The molecule has 1 rings (SSSR count). The summed E-state index contributed by atoms with van der Waals surface area (Å²) in [5.74, 6) is -2.10. The summed E-state index contributed by atoms with van der Waals surface area (Å²) in [5, 5.41) is 11.5. The molecule has 0 bridgehead atoms. The third kappa shape index (κ3) is 5.41. The van der Waals surface area contributed by atoms with E-state index in [1.165, 1.54) is 4.90 Å². The predicted molar refractivity (Wildman–Crippen MR) is 66.4 cm³/mol. The van der Waals surface area contributed by atoms with E-state index in [0.29, 0.717) is 0 Å². The van der Waals surface area contributed by atoms with E-state index in [1.54, 1.807) is 26.1 Å². The highest BCUT2D eigenvalue weighted by atomic mass is 19.4. The average molecular weight is 312 g/mol. The predicted octanol–water partition coefficient (Wildman–Crippen LogP) is 1.04. The van der Waals surface area contributed by atoms with Crippen LogP contribution in [0.15, 0.2) is 0 Å². The van der Waals surface area contributed by atoms with E-state index in [1.807, 2.05) is 0 Å². The van der Waals surface area contributed by atoms with Crippen molar-refractivity contribution in [1.29, 1.82) is 0 Å². The van der Waals surface area contributed by atoms with E-state index in [4.69, 9.17) is 4.74 Å². The van der Waals surface area contributed by atoms with E-state index < -0.39 is 35.9 Å². The summed E-state index contributed by atoms with van der Waals surface area (Å²) in [4.78, 5) is 23.8. The van der Waals surface area contributed by atoms with Crippen molar-refractivity contribution >= 4 is 12.0 Å². The fourth-order valence-electron chi connectivity index (χ4n) is 1.84. The van der Waals surface area contributed by atoms with Gasteiger partial charge in [0.05, 0.1) is 18.7 Å². The zero-order valence-corrected chi connectivity index (χ0v) is 12.0. The number of likely N-dealkylation sites (tertiary alicyclic amines) is 1. The van der Waals surface area contributed by atoms with Gasteiger partial charge in [0, 0.05) is 6.54 Å². The monoisotopic (exact) mass is 312 g/mol. The Morgan fingerprint density at radius 2 is 1.86 bits per heavy atom. The zero-order chi connectivity index (χ0) is 16.4. The quantitative estimate of drug-likeness (QED) is 0.758. The number of carbonyl (C=O) groups excluding carboxylic acids is 2. The summed E-state index contributed by atoms with van der Waals surface area (Å²) in [6.07, 6.45) is -6.91. The lowest BCUT2D eigenvalue weighted by atomic mass is 10.0. The summed E-state index contributed by atoms with van der Waals surface area (Å²) in [6.45, 7) is 4.93. The first kappa shape index (κ1) is 17.5. The Morgan fingerprint density at radius 3 is 2.29 bits per heavy atom. The van der Waals surface area contributed by atoms with Crippen molar-refractivity contribution in [2.45, 2.75) is 51.1 Å². The molecule has 0 aromatic rings. The number of piperidine rings is 1. The molecule has 0 spiro atoms. The molecule has 0 aromatic carbocycles. The normalized spacial score (nSPS) is 23.7. The Kier molecular flexibility index (Phi) is 5.08. The number of nitrogens with zero attached hydrogens (tertiary/aromatic N) is 1. The molecule has 0 saturated carbocycles. The minimum Gasteiger partial charge on any atom is -0.444 e. The van der Waals surface area contributed by atoms with E-state index in [0.717, 1.165) is 0 Å². The maximum atomic E-state index is 12.1. The summed E-state index contributed by atoms with van der Waals surface area (Å²) in [7, 11) is 0. The number of rotatable bonds is 1. The van der Waals surface area contributed by atoms with E-state index in [2.05, 4.69) is 0 Å². The fourth-order valence-corrected chi connectivity index (χ4v) is 1.84. The van der Waals surface area contributed by atoms with Crippen LogP contribution in [-0.4, -0.2) is 59.0 Å². The van der Waals surface area contributed by atoms with Gasteiger partial charge < -0.3 is 20.1 Å². The number of aliphatic hydroxyl groups is 1. The Hall–Kier alpha value is -1.51. The SMILES string of the molecule is CC(C)(C)OC(=O)N1CC[C@H](NC(=O)C(F)(F)F)[C@@H](O)C1. The van der Waals surface area contributed by atoms with Crippen LogP contribution in [0.4, 0.5) is 18.0 Å². The smallest absolute Gasteiger partial charge is 0.444 e. The van der Waals surface area contributed by atoms with Crippen LogP contribution in [0.2, 0.25) is 0 Å². The molecule has 0 unspecified atom stereocenters. The van der Waals surface area contributed by atoms with Crippen molar-refractivity contribution in [1.82, 2.24) is 10.2 Å². The Labute approximate surface area is 120 Å². The number of ether oxygens (including phenoxy) is 1. The molecule has 9 heteroatoms. The van der Waals surface area contributed by atoms with Crippen molar-refractivity contribution in [2.24, 2.45) is 0 Å². The molecule has 1 aliphatic heterocycles. The molecule has 6 nitrogen and oxygen atoms in total. The number of hydrogen-bond acceptors (Lipinski definition) is 4. The summed E-state index contributed by atoms with van der Waals surface area (Å²) >= 11 is 0. The fraction of sp³-hybridized carbons (Fsp3) is 0.833. The van der Waals surface area contributed by atoms with Crippen LogP contribution < -0.4 is 5.32 Å². The molecule has 0 aromatic heterocycles. The van der Waals surface area contributed by atoms with Crippen LogP contribution in [0, 0.1) is 0 Å². The van der Waals surface area contributed by atoms with Gasteiger partial charge in [-0.3, -0.25) is 4.79 Å². The molecule has 0 radical (unpaired) electrons. The number of alkyl halides is 3. The van der Waals surface area contributed by atoms with Gasteiger partial charge in [-0.25, -0.2) is 4.79 Å². The Bertz CT molecular complexity index is 406. The van der Waals surface area contributed by atoms with Gasteiger partial charge in [0.25, 0.3) is 0 Å². The van der Waals surface area contributed by atoms with Crippen LogP contribution >= 0.6 is 0 Å². The summed E-state index contributed by atoms with van der Waals surface area (Å²) in [5.41, 5.74) is -0.705. The maximum absolute atomic E-state index is 12.1. The van der Waals surface area contributed by atoms with Gasteiger partial charge in [-0.05, 0) is 27.2 Å². The molecule has 2 N–H and O–H groups in total. The Balaban J connectivity index is 2.55. The highest BCUT2D eigenvalue weighted by Crippen LogP contribution is 2.19. The lowest BCUT2D eigenvalue weighted by Gasteiger charge is -2.36. The lowest BCUT2D eigenvalue weighted by Crippen LogP contribution is -2.57. The highest BCUT2D eigenvalue weighted by molar-refractivity contribution is 5.82. The maximum Gasteiger partial charge on any atom is 0.471 e. The lowest BCUT2D eigenvalue weighted by molar-refractivity contribution is -0.175. The molecule has 1 aliphatic rings. The third-order valence-corrected chi connectivity index (χ3v) is 2.81. The number of amides is 2. The van der Waals surface area contributed by atoms with Gasteiger partial charge in [-0.1, -0.05) is 0 Å². The molecule has 1 saturated heterocycles. The second kappa shape index (κ2) is 6.08. The van der Waals surface area contributed by atoms with Crippen molar-refractivity contribution in [2.75, 3.05) is 13.1 Å². The summed E-state index contributed by atoms with van der Waals surface area (Å²) in [6, 6.07) is -1.04. The van der Waals surface area contributed by atoms with Gasteiger partial charge >= 0.3 is 18.2 Å².